The van der Waals surface area contributed by atoms with E-state index in [9.17, 15) is 4.79 Å². The van der Waals surface area contributed by atoms with Crippen LogP contribution in [0.5, 0.6) is 0 Å². The van der Waals surface area contributed by atoms with Gasteiger partial charge in [0.15, 0.2) is 0 Å². The molecule has 0 rings (SSSR count). The molecule has 19 heavy (non-hydrogen) atoms. The normalized spacial score (nSPS) is 13.5. The van der Waals surface area contributed by atoms with Crippen LogP contribution >= 0.6 is 0 Å². The predicted octanol–water partition coefficient (Wildman–Crippen LogP) is 3.11. The zero-order valence-corrected chi connectivity index (χ0v) is 13.4. The minimum Gasteiger partial charge on any atom is -0.464 e. The second-order valence-corrected chi connectivity index (χ2v) is 4.97. The van der Waals surface area contributed by atoms with Gasteiger partial charge in [0.25, 0.3) is 0 Å². The lowest BCUT2D eigenvalue weighted by Gasteiger charge is -2.24. The van der Waals surface area contributed by atoms with Crippen molar-refractivity contribution in [3.05, 3.63) is 0 Å². The molecular weight excluding hydrogens is 240 g/mol. The third-order valence-electron chi connectivity index (χ3n) is 3.00. The van der Waals surface area contributed by atoms with Crippen molar-refractivity contribution in [2.45, 2.75) is 60.4 Å². The van der Waals surface area contributed by atoms with E-state index in [1.165, 1.54) is 0 Å². The molecule has 0 amide bonds. The van der Waals surface area contributed by atoms with Crippen LogP contribution in [0, 0.1) is 5.92 Å². The van der Waals surface area contributed by atoms with Gasteiger partial charge in [-0.05, 0) is 33.1 Å². The van der Waals surface area contributed by atoms with E-state index in [1.807, 2.05) is 6.92 Å². The van der Waals surface area contributed by atoms with Crippen LogP contribution in [-0.4, -0.2) is 42.4 Å². The fourth-order valence-corrected chi connectivity index (χ4v) is 2.05. The van der Waals surface area contributed by atoms with E-state index >= 15 is 0 Å². The van der Waals surface area contributed by atoms with E-state index in [-0.39, 0.29) is 12.0 Å². The standard InChI is InChI=1S/C15H30N2O2/c1-7-14(17(8-2)9-3)16-13(11-12(5)6)15(18)19-10-4/h12-13H,7-11H2,1-6H3. The van der Waals surface area contributed by atoms with Gasteiger partial charge < -0.3 is 9.64 Å². The van der Waals surface area contributed by atoms with Crippen LogP contribution in [0.1, 0.15) is 54.4 Å². The molecule has 0 aliphatic carbocycles. The van der Waals surface area contributed by atoms with E-state index in [0.717, 1.165) is 31.8 Å². The largest absolute Gasteiger partial charge is 0.464 e. The summed E-state index contributed by atoms with van der Waals surface area (Å²) in [6.45, 7) is 14.6. The Bertz CT molecular complexity index is 284. The van der Waals surface area contributed by atoms with Gasteiger partial charge in [0.2, 0.25) is 0 Å². The number of esters is 1. The highest BCUT2D eigenvalue weighted by molar-refractivity contribution is 5.86. The highest BCUT2D eigenvalue weighted by atomic mass is 16.5. The SMILES string of the molecule is CCOC(=O)C(CC(C)C)N=C(CC)N(CC)CC. The topological polar surface area (TPSA) is 41.9 Å². The van der Waals surface area contributed by atoms with Gasteiger partial charge in [-0.3, -0.25) is 4.99 Å². The number of aliphatic imine (C=N–C) groups is 1. The third-order valence-corrected chi connectivity index (χ3v) is 3.00. The highest BCUT2D eigenvalue weighted by Crippen LogP contribution is 2.12. The summed E-state index contributed by atoms with van der Waals surface area (Å²) < 4.78 is 5.13. The molecule has 112 valence electrons. The Hall–Kier alpha value is -1.06. The predicted molar refractivity (Wildman–Crippen MR) is 80.5 cm³/mol. The summed E-state index contributed by atoms with van der Waals surface area (Å²) in [7, 11) is 0. The monoisotopic (exact) mass is 270 g/mol. The van der Waals surface area contributed by atoms with Gasteiger partial charge in [-0.15, -0.1) is 0 Å². The molecule has 0 saturated heterocycles. The minimum absolute atomic E-state index is 0.200. The lowest BCUT2D eigenvalue weighted by molar-refractivity contribution is -0.145. The van der Waals surface area contributed by atoms with Crippen LogP contribution in [0.3, 0.4) is 0 Å². The van der Waals surface area contributed by atoms with E-state index in [4.69, 9.17) is 4.74 Å². The lowest BCUT2D eigenvalue weighted by Crippen LogP contribution is -2.33. The molecule has 0 aliphatic heterocycles. The Kier molecular flexibility index (Phi) is 9.27. The van der Waals surface area contributed by atoms with Crippen molar-refractivity contribution >= 4 is 11.8 Å². The number of ether oxygens (including phenoxy) is 1. The molecule has 1 unspecified atom stereocenters. The molecule has 0 radical (unpaired) electrons. The van der Waals surface area contributed by atoms with Gasteiger partial charge in [-0.1, -0.05) is 20.8 Å². The summed E-state index contributed by atoms with van der Waals surface area (Å²) in [5.74, 6) is 1.23. The Labute approximate surface area is 118 Å². The molecule has 0 heterocycles. The van der Waals surface area contributed by atoms with Crippen LogP contribution in [0.15, 0.2) is 4.99 Å². The van der Waals surface area contributed by atoms with Crippen molar-refractivity contribution < 1.29 is 9.53 Å². The number of amidine groups is 1. The first-order valence-corrected chi connectivity index (χ1v) is 7.48. The zero-order valence-electron chi connectivity index (χ0n) is 13.4. The second kappa shape index (κ2) is 9.82. The summed E-state index contributed by atoms with van der Waals surface area (Å²) in [6.07, 6.45) is 1.58. The van der Waals surface area contributed by atoms with E-state index in [1.54, 1.807) is 0 Å². The van der Waals surface area contributed by atoms with Crippen molar-refractivity contribution in [1.29, 1.82) is 0 Å². The molecule has 0 aliphatic rings. The Morgan fingerprint density at radius 3 is 2.11 bits per heavy atom. The minimum atomic E-state index is -0.365. The first-order chi connectivity index (χ1) is 8.99. The quantitative estimate of drug-likeness (QED) is 0.386. The van der Waals surface area contributed by atoms with Gasteiger partial charge >= 0.3 is 5.97 Å². The smallest absolute Gasteiger partial charge is 0.330 e. The molecule has 4 heteroatoms. The fourth-order valence-electron chi connectivity index (χ4n) is 2.05. The number of carbonyl (C=O) groups is 1. The average Bonchev–Trinajstić information content (AvgIpc) is 2.37. The first-order valence-electron chi connectivity index (χ1n) is 7.48. The van der Waals surface area contributed by atoms with E-state index in [2.05, 4.69) is 44.5 Å². The summed E-state index contributed by atoms with van der Waals surface area (Å²) in [5, 5.41) is 0. The molecule has 0 bridgehead atoms. The summed E-state index contributed by atoms with van der Waals surface area (Å²) in [5.41, 5.74) is 0. The first kappa shape index (κ1) is 17.9. The number of nitrogens with zero attached hydrogens (tertiary/aromatic N) is 2. The highest BCUT2D eigenvalue weighted by Gasteiger charge is 2.21. The number of hydrogen-bond donors (Lipinski definition) is 0. The number of rotatable bonds is 8. The summed E-state index contributed by atoms with van der Waals surface area (Å²) >= 11 is 0. The maximum absolute atomic E-state index is 12.0. The van der Waals surface area contributed by atoms with Gasteiger partial charge in [-0.2, -0.15) is 0 Å². The van der Waals surface area contributed by atoms with Gasteiger partial charge in [0.05, 0.1) is 12.4 Å². The molecular formula is C15H30N2O2. The van der Waals surface area contributed by atoms with Crippen LogP contribution in [0.2, 0.25) is 0 Å². The van der Waals surface area contributed by atoms with Gasteiger partial charge in [-0.25, -0.2) is 4.79 Å². The lowest BCUT2D eigenvalue weighted by atomic mass is 10.0. The van der Waals surface area contributed by atoms with Gasteiger partial charge in [0.1, 0.15) is 6.04 Å². The Morgan fingerprint density at radius 2 is 1.74 bits per heavy atom. The summed E-state index contributed by atoms with van der Waals surface area (Å²) in [4.78, 5) is 18.8. The van der Waals surface area contributed by atoms with Crippen LogP contribution < -0.4 is 0 Å². The maximum Gasteiger partial charge on any atom is 0.330 e. The van der Waals surface area contributed by atoms with E-state index < -0.39 is 0 Å². The van der Waals surface area contributed by atoms with Gasteiger partial charge in [0, 0.05) is 19.5 Å². The summed E-state index contributed by atoms with van der Waals surface area (Å²) in [6, 6.07) is -0.365. The molecule has 0 N–H and O–H groups in total. The molecule has 0 saturated carbocycles. The van der Waals surface area contributed by atoms with Crippen molar-refractivity contribution in [2.75, 3.05) is 19.7 Å². The maximum atomic E-state index is 12.0. The molecule has 0 fully saturated rings. The number of carbonyl (C=O) groups excluding carboxylic acids is 1. The Balaban J connectivity index is 5.05. The molecule has 0 spiro atoms. The number of hydrogen-bond acceptors (Lipinski definition) is 3. The van der Waals surface area contributed by atoms with Crippen molar-refractivity contribution in [3.63, 3.8) is 0 Å². The molecule has 0 aromatic heterocycles. The molecule has 0 aromatic rings. The Morgan fingerprint density at radius 1 is 1.16 bits per heavy atom. The average molecular weight is 270 g/mol. The van der Waals surface area contributed by atoms with E-state index in [0.29, 0.717) is 12.5 Å². The van der Waals surface area contributed by atoms with Crippen LogP contribution in [0.4, 0.5) is 0 Å². The zero-order chi connectivity index (χ0) is 14.8. The van der Waals surface area contributed by atoms with Crippen molar-refractivity contribution in [2.24, 2.45) is 10.9 Å². The molecule has 4 nitrogen and oxygen atoms in total. The van der Waals surface area contributed by atoms with Crippen LogP contribution in [-0.2, 0) is 9.53 Å². The fraction of sp³-hybridized carbons (Fsp3) is 0.867. The van der Waals surface area contributed by atoms with Crippen molar-refractivity contribution in [1.82, 2.24) is 4.90 Å². The molecule has 0 aromatic carbocycles. The third kappa shape index (κ3) is 6.60. The van der Waals surface area contributed by atoms with Crippen molar-refractivity contribution in [3.8, 4) is 0 Å². The second-order valence-electron chi connectivity index (χ2n) is 4.97. The molecule has 1 atom stereocenters. The van der Waals surface area contributed by atoms with Crippen LogP contribution in [0.25, 0.3) is 0 Å².